The molecule has 0 saturated carbocycles. The maximum Gasteiger partial charge on any atom is 0.124 e. The molecule has 0 N–H and O–H groups in total. The van der Waals surface area contributed by atoms with Crippen LogP contribution in [0.3, 0.4) is 0 Å². The minimum atomic E-state index is -4.27. The number of rotatable bonds is 3. The smallest absolute Gasteiger partial charge is 0.124 e. The third-order valence-corrected chi connectivity index (χ3v) is 6.72. The van der Waals surface area contributed by atoms with Gasteiger partial charge in [0.25, 0.3) is 0 Å². The molecule has 0 saturated heterocycles. The summed E-state index contributed by atoms with van der Waals surface area (Å²) in [5.74, 6) is 0. The molecular weight excluding hydrogens is 389 g/mol. The molecular formula is C18H25NO3SSe. The third-order valence-electron chi connectivity index (χ3n) is 3.13. The van der Waals surface area contributed by atoms with Gasteiger partial charge in [0.2, 0.25) is 0 Å². The van der Waals surface area contributed by atoms with E-state index in [1.165, 1.54) is 23.1 Å². The third kappa shape index (κ3) is 8.06. The zero-order valence-corrected chi connectivity index (χ0v) is 17.3. The molecule has 0 atom stereocenters. The molecule has 0 amide bonds. The molecule has 1 aromatic heterocycles. The first kappa shape index (κ1) is 20.8. The summed E-state index contributed by atoms with van der Waals surface area (Å²) in [6.07, 6.45) is 2.12. The summed E-state index contributed by atoms with van der Waals surface area (Å²) in [5.41, 5.74) is 2.37. The van der Waals surface area contributed by atoms with E-state index in [2.05, 4.69) is 56.8 Å². The molecule has 4 nitrogen and oxygen atoms in total. The fraction of sp³-hybridized carbons (Fsp3) is 0.389. The van der Waals surface area contributed by atoms with Crippen molar-refractivity contribution in [3.63, 3.8) is 0 Å². The number of aryl methyl sites for hydroxylation is 2. The summed E-state index contributed by atoms with van der Waals surface area (Å²) in [4.78, 5) is -0.178. The van der Waals surface area contributed by atoms with Crippen molar-refractivity contribution in [2.24, 2.45) is 7.05 Å². The molecule has 6 heteroatoms. The van der Waals surface area contributed by atoms with Gasteiger partial charge in [0.15, 0.2) is 0 Å². The number of pyridine rings is 1. The van der Waals surface area contributed by atoms with Crippen LogP contribution in [0.2, 0.25) is 4.31 Å². The van der Waals surface area contributed by atoms with Gasteiger partial charge in [-0.1, -0.05) is 17.7 Å². The summed E-state index contributed by atoms with van der Waals surface area (Å²) in [6.45, 7) is 8.77. The predicted octanol–water partition coefficient (Wildman–Crippen LogP) is 2.83. The Balaban J connectivity index is 0.000000243. The molecule has 1 heterocycles. The van der Waals surface area contributed by atoms with Gasteiger partial charge >= 0.3 is 87.1 Å². The first-order chi connectivity index (χ1) is 11.0. The van der Waals surface area contributed by atoms with Crippen molar-refractivity contribution in [3.05, 3.63) is 59.9 Å². The SMILES string of the molecule is C[n+]1ccccc1C[Se]C(C)(C)C.Cc1ccc(S(=O)(=O)[O-])cc1. The normalized spacial score (nSPS) is 11.6. The maximum absolute atomic E-state index is 10.4. The molecule has 2 aromatic rings. The fourth-order valence-electron chi connectivity index (χ4n) is 1.70. The molecule has 0 aliphatic heterocycles. The van der Waals surface area contributed by atoms with Gasteiger partial charge in [-0.25, -0.2) is 8.42 Å². The fourth-order valence-corrected chi connectivity index (χ4v) is 4.02. The van der Waals surface area contributed by atoms with Crippen LogP contribution in [0.25, 0.3) is 0 Å². The van der Waals surface area contributed by atoms with Gasteiger partial charge < -0.3 is 4.55 Å². The number of aromatic nitrogens is 1. The van der Waals surface area contributed by atoms with Crippen molar-refractivity contribution >= 4 is 25.1 Å². The Labute approximate surface area is 151 Å². The van der Waals surface area contributed by atoms with E-state index in [1.54, 1.807) is 12.1 Å². The largest absolute Gasteiger partial charge is 0.744 e. The summed E-state index contributed by atoms with van der Waals surface area (Å²) >= 11 is 0.687. The van der Waals surface area contributed by atoms with E-state index in [4.69, 9.17) is 0 Å². The summed E-state index contributed by atoms with van der Waals surface area (Å²) in [5, 5.41) is 1.23. The van der Waals surface area contributed by atoms with E-state index < -0.39 is 10.1 Å². The van der Waals surface area contributed by atoms with Crippen LogP contribution in [0.15, 0.2) is 53.6 Å². The zero-order chi connectivity index (χ0) is 18.4. The van der Waals surface area contributed by atoms with E-state index >= 15 is 0 Å². The summed E-state index contributed by atoms with van der Waals surface area (Å²) in [7, 11) is -2.15. The Morgan fingerprint density at radius 3 is 2.12 bits per heavy atom. The van der Waals surface area contributed by atoms with Gasteiger partial charge in [0.1, 0.15) is 10.1 Å². The molecule has 132 valence electrons. The van der Waals surface area contributed by atoms with Gasteiger partial charge in [0.05, 0.1) is 4.90 Å². The molecule has 0 fully saturated rings. The van der Waals surface area contributed by atoms with E-state index in [0.29, 0.717) is 19.3 Å². The van der Waals surface area contributed by atoms with Crippen LogP contribution < -0.4 is 4.57 Å². The van der Waals surface area contributed by atoms with E-state index in [0.717, 1.165) is 5.56 Å². The number of hydrogen-bond donors (Lipinski definition) is 0. The molecule has 1 aromatic carbocycles. The van der Waals surface area contributed by atoms with Crippen LogP contribution in [0.1, 0.15) is 32.0 Å². The first-order valence-electron chi connectivity index (χ1n) is 7.59. The Kier molecular flexibility index (Phi) is 7.61. The summed E-state index contributed by atoms with van der Waals surface area (Å²) < 4.78 is 33.9. The Bertz CT molecular complexity index is 751. The molecule has 0 bridgehead atoms. The summed E-state index contributed by atoms with van der Waals surface area (Å²) in [6, 6.07) is 12.2. The van der Waals surface area contributed by atoms with Crippen molar-refractivity contribution in [3.8, 4) is 0 Å². The van der Waals surface area contributed by atoms with Gasteiger partial charge in [0, 0.05) is 0 Å². The van der Waals surface area contributed by atoms with Gasteiger partial charge in [-0.15, -0.1) is 0 Å². The van der Waals surface area contributed by atoms with Crippen molar-refractivity contribution < 1.29 is 17.5 Å². The number of hydrogen-bond acceptors (Lipinski definition) is 3. The van der Waals surface area contributed by atoms with Crippen molar-refractivity contribution in [2.45, 2.75) is 42.2 Å². The average molecular weight is 414 g/mol. The van der Waals surface area contributed by atoms with Gasteiger partial charge in [-0.3, -0.25) is 0 Å². The van der Waals surface area contributed by atoms with Crippen LogP contribution in [-0.2, 0) is 22.5 Å². The van der Waals surface area contributed by atoms with Crippen molar-refractivity contribution in [2.75, 3.05) is 0 Å². The second-order valence-electron chi connectivity index (χ2n) is 6.47. The van der Waals surface area contributed by atoms with Gasteiger partial charge in [-0.05, 0) is 19.1 Å². The number of benzene rings is 1. The molecule has 0 unspecified atom stereocenters. The number of nitrogens with zero attached hydrogens (tertiary/aromatic N) is 1. The molecule has 0 aliphatic rings. The van der Waals surface area contributed by atoms with E-state index in [-0.39, 0.29) is 4.90 Å². The Hall–Kier alpha value is -1.20. The van der Waals surface area contributed by atoms with Crippen molar-refractivity contribution in [1.82, 2.24) is 0 Å². The zero-order valence-electron chi connectivity index (χ0n) is 14.8. The van der Waals surface area contributed by atoms with Crippen LogP contribution in [0.4, 0.5) is 0 Å². The molecule has 0 spiro atoms. The topological polar surface area (TPSA) is 61.1 Å². The maximum atomic E-state index is 10.4. The minimum Gasteiger partial charge on any atom is -0.744 e. The molecule has 0 radical (unpaired) electrons. The Morgan fingerprint density at radius 2 is 1.67 bits per heavy atom. The van der Waals surface area contributed by atoms with E-state index in [9.17, 15) is 13.0 Å². The molecule has 24 heavy (non-hydrogen) atoms. The van der Waals surface area contributed by atoms with Crippen LogP contribution >= 0.6 is 0 Å². The predicted molar refractivity (Wildman–Crippen MR) is 95.9 cm³/mol. The minimum absolute atomic E-state index is 0.178. The standard InChI is InChI=1S/C11H18NSe.C7H8O3S/c1-11(2,3)13-9-10-7-5-6-8-12(10)4;1-6-2-4-7(5-3-6)11(8,9)10/h5-8H,9H2,1-4H3;2-5H,1H3,(H,8,9,10)/q+1;/p-1. The average Bonchev–Trinajstić information content (AvgIpc) is 2.46. The monoisotopic (exact) mass is 415 g/mol. The molecule has 0 aliphatic carbocycles. The van der Waals surface area contributed by atoms with Crippen LogP contribution in [0, 0.1) is 6.92 Å². The van der Waals surface area contributed by atoms with Crippen molar-refractivity contribution in [1.29, 1.82) is 0 Å². The Morgan fingerprint density at radius 1 is 1.08 bits per heavy atom. The second kappa shape index (κ2) is 8.77. The quantitative estimate of drug-likeness (QED) is 0.441. The first-order valence-corrected chi connectivity index (χ1v) is 11.1. The molecule has 2 rings (SSSR count). The van der Waals surface area contributed by atoms with Crippen LogP contribution in [0.5, 0.6) is 0 Å². The van der Waals surface area contributed by atoms with Gasteiger partial charge in [-0.2, -0.15) is 0 Å². The van der Waals surface area contributed by atoms with E-state index in [1.807, 2.05) is 6.92 Å². The van der Waals surface area contributed by atoms with Crippen LogP contribution in [-0.4, -0.2) is 27.9 Å². The second-order valence-corrected chi connectivity index (χ2v) is 11.6.